The Morgan fingerprint density at radius 2 is 2.18 bits per heavy atom. The molecule has 0 aliphatic heterocycles. The molecule has 90 valence electrons. The van der Waals surface area contributed by atoms with E-state index in [0.717, 1.165) is 0 Å². The highest BCUT2D eigenvalue weighted by molar-refractivity contribution is 9.10. The zero-order valence-electron chi connectivity index (χ0n) is 9.50. The summed E-state index contributed by atoms with van der Waals surface area (Å²) in [6, 6.07) is 6.15. The SMILES string of the molecule is CC(C)C(C#N)C(=O)Nc1cc(Br)ccc1F. The molecular weight excluding hydrogens is 287 g/mol. The largest absolute Gasteiger partial charge is 0.322 e. The van der Waals surface area contributed by atoms with E-state index < -0.39 is 17.6 Å². The van der Waals surface area contributed by atoms with Crippen molar-refractivity contribution in [2.75, 3.05) is 5.32 Å². The van der Waals surface area contributed by atoms with Crippen LogP contribution in [0.15, 0.2) is 22.7 Å². The lowest BCUT2D eigenvalue weighted by Crippen LogP contribution is -2.26. The van der Waals surface area contributed by atoms with Crippen molar-refractivity contribution in [1.29, 1.82) is 5.26 Å². The number of carbonyl (C=O) groups is 1. The van der Waals surface area contributed by atoms with Crippen LogP contribution in [0.2, 0.25) is 0 Å². The number of nitrogens with zero attached hydrogens (tertiary/aromatic N) is 1. The summed E-state index contributed by atoms with van der Waals surface area (Å²) in [4.78, 5) is 11.7. The average Bonchev–Trinajstić information content (AvgIpc) is 2.24. The van der Waals surface area contributed by atoms with E-state index in [2.05, 4.69) is 21.2 Å². The average molecular weight is 299 g/mol. The molecule has 0 aromatic heterocycles. The first-order valence-corrected chi connectivity index (χ1v) is 5.90. The lowest BCUT2D eigenvalue weighted by Gasteiger charge is -2.13. The highest BCUT2D eigenvalue weighted by Gasteiger charge is 2.22. The second kappa shape index (κ2) is 5.78. The van der Waals surface area contributed by atoms with E-state index in [1.54, 1.807) is 13.8 Å². The monoisotopic (exact) mass is 298 g/mol. The molecule has 0 spiro atoms. The molecule has 5 heteroatoms. The van der Waals surface area contributed by atoms with Crippen LogP contribution in [0.25, 0.3) is 0 Å². The minimum atomic E-state index is -0.784. The third-order valence-electron chi connectivity index (χ3n) is 2.27. The Balaban J connectivity index is 2.88. The predicted molar refractivity (Wildman–Crippen MR) is 66.7 cm³/mol. The van der Waals surface area contributed by atoms with Crippen LogP contribution in [0.1, 0.15) is 13.8 Å². The number of rotatable bonds is 3. The van der Waals surface area contributed by atoms with Crippen LogP contribution >= 0.6 is 15.9 Å². The van der Waals surface area contributed by atoms with Crippen LogP contribution < -0.4 is 5.32 Å². The lowest BCUT2D eigenvalue weighted by atomic mass is 9.96. The van der Waals surface area contributed by atoms with Crippen LogP contribution in [-0.4, -0.2) is 5.91 Å². The number of amides is 1. The van der Waals surface area contributed by atoms with Crippen molar-refractivity contribution in [1.82, 2.24) is 0 Å². The molecule has 0 heterocycles. The Hall–Kier alpha value is -1.41. The molecule has 3 nitrogen and oxygen atoms in total. The van der Waals surface area contributed by atoms with Crippen molar-refractivity contribution in [3.05, 3.63) is 28.5 Å². The van der Waals surface area contributed by atoms with E-state index >= 15 is 0 Å². The number of hydrogen-bond donors (Lipinski definition) is 1. The molecule has 1 unspecified atom stereocenters. The topological polar surface area (TPSA) is 52.9 Å². The van der Waals surface area contributed by atoms with Gasteiger partial charge in [-0.1, -0.05) is 29.8 Å². The summed E-state index contributed by atoms with van der Waals surface area (Å²) < 4.78 is 14.0. The molecule has 17 heavy (non-hydrogen) atoms. The number of halogens is 2. The molecule has 1 N–H and O–H groups in total. The summed E-state index contributed by atoms with van der Waals surface area (Å²) in [6.07, 6.45) is 0. The summed E-state index contributed by atoms with van der Waals surface area (Å²) in [5, 5.41) is 11.3. The lowest BCUT2D eigenvalue weighted by molar-refractivity contribution is -0.119. The highest BCUT2D eigenvalue weighted by Crippen LogP contribution is 2.21. The molecule has 1 aromatic rings. The molecule has 0 saturated carbocycles. The van der Waals surface area contributed by atoms with Gasteiger partial charge in [-0.15, -0.1) is 0 Å². The Morgan fingerprint density at radius 3 is 2.71 bits per heavy atom. The van der Waals surface area contributed by atoms with Crippen LogP contribution in [0.4, 0.5) is 10.1 Å². The smallest absolute Gasteiger partial charge is 0.242 e. The fourth-order valence-corrected chi connectivity index (χ4v) is 1.68. The van der Waals surface area contributed by atoms with Gasteiger partial charge in [-0.3, -0.25) is 4.79 Å². The molecule has 1 aromatic carbocycles. The van der Waals surface area contributed by atoms with Crippen molar-refractivity contribution in [3.63, 3.8) is 0 Å². The number of benzene rings is 1. The number of carbonyl (C=O) groups excluding carboxylic acids is 1. The van der Waals surface area contributed by atoms with E-state index in [-0.39, 0.29) is 11.6 Å². The zero-order chi connectivity index (χ0) is 13.0. The number of nitriles is 1. The Bertz CT molecular complexity index is 468. The van der Waals surface area contributed by atoms with Crippen LogP contribution in [0, 0.1) is 29.0 Å². The fourth-order valence-electron chi connectivity index (χ4n) is 1.31. The number of hydrogen-bond acceptors (Lipinski definition) is 2. The predicted octanol–water partition coefficient (Wildman–Crippen LogP) is 3.32. The maximum absolute atomic E-state index is 13.4. The normalized spacial score (nSPS) is 12.0. The standard InChI is InChI=1S/C12H12BrFN2O/c1-7(2)9(6-15)12(17)16-11-5-8(13)3-4-10(11)14/h3-5,7,9H,1-2H3,(H,16,17). The first-order chi connectivity index (χ1) is 7.95. The van der Waals surface area contributed by atoms with Gasteiger partial charge in [0.25, 0.3) is 0 Å². The van der Waals surface area contributed by atoms with Gasteiger partial charge in [-0.25, -0.2) is 4.39 Å². The molecule has 0 bridgehead atoms. The van der Waals surface area contributed by atoms with Gasteiger partial charge in [0.05, 0.1) is 11.8 Å². The Labute approximate surface area is 108 Å². The van der Waals surface area contributed by atoms with E-state index in [1.165, 1.54) is 18.2 Å². The Morgan fingerprint density at radius 1 is 1.53 bits per heavy atom. The molecule has 1 atom stereocenters. The second-order valence-corrected chi connectivity index (χ2v) is 4.88. The first-order valence-electron chi connectivity index (χ1n) is 5.11. The van der Waals surface area contributed by atoms with Crippen molar-refractivity contribution >= 4 is 27.5 Å². The summed E-state index contributed by atoms with van der Waals surface area (Å²) in [5.74, 6) is -1.91. The molecule has 0 radical (unpaired) electrons. The van der Waals surface area contributed by atoms with Gasteiger partial charge in [0.2, 0.25) is 5.91 Å². The third-order valence-corrected chi connectivity index (χ3v) is 2.77. The molecule has 1 amide bonds. The molecule has 0 aliphatic carbocycles. The quantitative estimate of drug-likeness (QED) is 0.930. The molecular formula is C12H12BrFN2O. The minimum absolute atomic E-state index is 0.0743. The molecule has 0 aliphatic rings. The van der Waals surface area contributed by atoms with Gasteiger partial charge < -0.3 is 5.32 Å². The summed E-state index contributed by atoms with van der Waals surface area (Å²) in [6.45, 7) is 3.54. The van der Waals surface area contributed by atoms with Crippen molar-refractivity contribution < 1.29 is 9.18 Å². The molecule has 1 rings (SSSR count). The minimum Gasteiger partial charge on any atom is -0.322 e. The third kappa shape index (κ3) is 3.53. The second-order valence-electron chi connectivity index (χ2n) is 3.96. The highest BCUT2D eigenvalue weighted by atomic mass is 79.9. The molecule has 0 saturated heterocycles. The van der Waals surface area contributed by atoms with Gasteiger partial charge in [0.15, 0.2) is 0 Å². The maximum atomic E-state index is 13.4. The van der Waals surface area contributed by atoms with Crippen LogP contribution in [0.3, 0.4) is 0 Å². The van der Waals surface area contributed by atoms with Gasteiger partial charge in [-0.2, -0.15) is 5.26 Å². The van der Waals surface area contributed by atoms with Gasteiger partial charge >= 0.3 is 0 Å². The first kappa shape index (κ1) is 13.7. The van der Waals surface area contributed by atoms with Gasteiger partial charge in [0.1, 0.15) is 11.7 Å². The summed E-state index contributed by atoms with van der Waals surface area (Å²) >= 11 is 3.19. The van der Waals surface area contributed by atoms with Crippen LogP contribution in [-0.2, 0) is 4.79 Å². The van der Waals surface area contributed by atoms with Crippen LogP contribution in [0.5, 0.6) is 0 Å². The molecule has 0 fully saturated rings. The van der Waals surface area contributed by atoms with E-state index in [9.17, 15) is 9.18 Å². The maximum Gasteiger partial charge on any atom is 0.242 e. The van der Waals surface area contributed by atoms with E-state index in [1.807, 2.05) is 6.07 Å². The number of nitrogens with one attached hydrogen (secondary N) is 1. The number of anilines is 1. The van der Waals surface area contributed by atoms with Gasteiger partial charge in [-0.05, 0) is 24.1 Å². The Kier molecular flexibility index (Phi) is 4.64. The van der Waals surface area contributed by atoms with Crippen molar-refractivity contribution in [2.45, 2.75) is 13.8 Å². The van der Waals surface area contributed by atoms with E-state index in [0.29, 0.717) is 4.47 Å². The zero-order valence-corrected chi connectivity index (χ0v) is 11.1. The van der Waals surface area contributed by atoms with Crippen molar-refractivity contribution in [2.24, 2.45) is 11.8 Å². The summed E-state index contributed by atoms with van der Waals surface area (Å²) in [5.41, 5.74) is 0.0743. The van der Waals surface area contributed by atoms with Crippen molar-refractivity contribution in [3.8, 4) is 6.07 Å². The van der Waals surface area contributed by atoms with E-state index in [4.69, 9.17) is 5.26 Å². The van der Waals surface area contributed by atoms with Gasteiger partial charge in [0, 0.05) is 4.47 Å². The fraction of sp³-hybridized carbons (Fsp3) is 0.333. The summed E-state index contributed by atoms with van der Waals surface area (Å²) in [7, 11) is 0.